The monoisotopic (exact) mass is 325 g/mol. The summed E-state index contributed by atoms with van der Waals surface area (Å²) in [5, 5.41) is 5.77. The van der Waals surface area contributed by atoms with Crippen LogP contribution >= 0.6 is 23.2 Å². The highest BCUT2D eigenvalue weighted by Crippen LogP contribution is 2.23. The Morgan fingerprint density at radius 2 is 2.00 bits per heavy atom. The summed E-state index contributed by atoms with van der Waals surface area (Å²) in [5.41, 5.74) is 10.9. The summed E-state index contributed by atoms with van der Waals surface area (Å²) in [6.45, 7) is 4.14. The van der Waals surface area contributed by atoms with Gasteiger partial charge in [-0.1, -0.05) is 29.3 Å². The number of aryl methyl sites for hydroxylation is 2. The summed E-state index contributed by atoms with van der Waals surface area (Å²) in [7, 11) is 1.97. The zero-order chi connectivity index (χ0) is 15.6. The molecule has 0 saturated heterocycles. The second-order valence-electron chi connectivity index (χ2n) is 5.51. The van der Waals surface area contributed by atoms with E-state index < -0.39 is 0 Å². The zero-order valence-electron chi connectivity index (χ0n) is 12.7. The Morgan fingerprint density at radius 3 is 2.57 bits per heavy atom. The van der Waals surface area contributed by atoms with Gasteiger partial charge < -0.3 is 5.73 Å². The molecule has 1 unspecified atom stereocenters. The maximum Gasteiger partial charge on any atom is 0.0628 e. The summed E-state index contributed by atoms with van der Waals surface area (Å²) < 4.78 is 1.92. The Kier molecular flexibility index (Phi) is 5.31. The van der Waals surface area contributed by atoms with Gasteiger partial charge in [-0.2, -0.15) is 5.10 Å². The summed E-state index contributed by atoms with van der Waals surface area (Å²) in [6, 6.07) is 5.64. The lowest BCUT2D eigenvalue weighted by molar-refractivity contribution is 0.608. The fourth-order valence-corrected chi connectivity index (χ4v) is 3.07. The lowest BCUT2D eigenvalue weighted by Gasteiger charge is -2.13. The van der Waals surface area contributed by atoms with Crippen molar-refractivity contribution >= 4 is 23.2 Å². The fourth-order valence-electron chi connectivity index (χ4n) is 2.58. The van der Waals surface area contributed by atoms with E-state index >= 15 is 0 Å². The molecule has 0 amide bonds. The minimum Gasteiger partial charge on any atom is -0.327 e. The molecule has 0 aliphatic carbocycles. The summed E-state index contributed by atoms with van der Waals surface area (Å²) in [5.74, 6) is 0. The van der Waals surface area contributed by atoms with Crippen LogP contribution in [0, 0.1) is 13.8 Å². The molecular weight excluding hydrogens is 305 g/mol. The van der Waals surface area contributed by atoms with Gasteiger partial charge in [0.2, 0.25) is 0 Å². The van der Waals surface area contributed by atoms with Gasteiger partial charge >= 0.3 is 0 Å². The molecular formula is C16H21Cl2N3. The number of benzene rings is 1. The molecule has 5 heteroatoms. The second kappa shape index (κ2) is 6.82. The fraction of sp³-hybridized carbons (Fsp3) is 0.438. The Hall–Kier alpha value is -1.03. The molecule has 2 aromatic rings. The molecule has 1 aromatic heterocycles. The van der Waals surface area contributed by atoms with E-state index in [1.54, 1.807) is 6.07 Å². The molecule has 1 atom stereocenters. The van der Waals surface area contributed by atoms with Gasteiger partial charge in [-0.05, 0) is 56.4 Å². The normalized spacial score (nSPS) is 12.7. The van der Waals surface area contributed by atoms with Crippen LogP contribution in [0.5, 0.6) is 0 Å². The number of nitrogens with two attached hydrogens (primary N) is 1. The van der Waals surface area contributed by atoms with Crippen molar-refractivity contribution in [3.8, 4) is 0 Å². The standard InChI is InChI=1S/C16H21Cl2N3/c1-10-15(11(2)21(3)20-10)7-6-14(19)8-12-4-5-13(17)9-16(12)18/h4-5,9,14H,6-8,19H2,1-3H3. The van der Waals surface area contributed by atoms with Crippen molar-refractivity contribution in [3.63, 3.8) is 0 Å². The molecule has 0 fully saturated rings. The zero-order valence-corrected chi connectivity index (χ0v) is 14.2. The number of rotatable bonds is 5. The highest BCUT2D eigenvalue weighted by Gasteiger charge is 2.13. The van der Waals surface area contributed by atoms with Crippen LogP contribution in [0.4, 0.5) is 0 Å². The Morgan fingerprint density at radius 1 is 1.29 bits per heavy atom. The van der Waals surface area contributed by atoms with Gasteiger partial charge in [0.15, 0.2) is 0 Å². The first-order valence-corrected chi connectivity index (χ1v) is 7.82. The van der Waals surface area contributed by atoms with E-state index in [1.807, 2.05) is 30.8 Å². The van der Waals surface area contributed by atoms with Crippen molar-refractivity contribution in [3.05, 3.63) is 50.8 Å². The van der Waals surface area contributed by atoms with Gasteiger partial charge in [-0.15, -0.1) is 0 Å². The number of halogens is 2. The average Bonchev–Trinajstić information content (AvgIpc) is 2.65. The predicted molar refractivity (Wildman–Crippen MR) is 89.1 cm³/mol. The van der Waals surface area contributed by atoms with Crippen LogP contribution in [0.3, 0.4) is 0 Å². The van der Waals surface area contributed by atoms with Gasteiger partial charge in [-0.3, -0.25) is 4.68 Å². The lowest BCUT2D eigenvalue weighted by atomic mass is 9.99. The van der Waals surface area contributed by atoms with Gasteiger partial charge in [0.05, 0.1) is 5.69 Å². The van der Waals surface area contributed by atoms with E-state index in [4.69, 9.17) is 28.9 Å². The van der Waals surface area contributed by atoms with E-state index in [1.165, 1.54) is 11.3 Å². The van der Waals surface area contributed by atoms with Gasteiger partial charge in [-0.25, -0.2) is 0 Å². The van der Waals surface area contributed by atoms with Crippen molar-refractivity contribution in [1.29, 1.82) is 0 Å². The summed E-state index contributed by atoms with van der Waals surface area (Å²) in [6.07, 6.45) is 2.61. The molecule has 3 nitrogen and oxygen atoms in total. The lowest BCUT2D eigenvalue weighted by Crippen LogP contribution is -2.23. The van der Waals surface area contributed by atoms with E-state index in [0.29, 0.717) is 10.0 Å². The SMILES string of the molecule is Cc1nn(C)c(C)c1CCC(N)Cc1ccc(Cl)cc1Cl. The van der Waals surface area contributed by atoms with Crippen LogP contribution in [-0.2, 0) is 19.9 Å². The molecule has 2 N–H and O–H groups in total. The Labute approximate surface area is 136 Å². The van der Waals surface area contributed by atoms with Crippen LogP contribution in [0.2, 0.25) is 10.0 Å². The maximum absolute atomic E-state index is 6.25. The van der Waals surface area contributed by atoms with Crippen molar-refractivity contribution in [2.45, 2.75) is 39.2 Å². The van der Waals surface area contributed by atoms with Gasteiger partial charge in [0.1, 0.15) is 0 Å². The van der Waals surface area contributed by atoms with Crippen LogP contribution in [0.1, 0.15) is 28.9 Å². The molecule has 0 radical (unpaired) electrons. The van der Waals surface area contributed by atoms with Crippen LogP contribution in [-0.4, -0.2) is 15.8 Å². The van der Waals surface area contributed by atoms with Crippen LogP contribution in [0.25, 0.3) is 0 Å². The number of hydrogen-bond acceptors (Lipinski definition) is 2. The van der Waals surface area contributed by atoms with Crippen LogP contribution in [0.15, 0.2) is 18.2 Å². The molecule has 0 spiro atoms. The smallest absolute Gasteiger partial charge is 0.0628 e. The first-order valence-electron chi connectivity index (χ1n) is 7.07. The minimum atomic E-state index is 0.0719. The molecule has 1 heterocycles. The van der Waals surface area contributed by atoms with E-state index in [2.05, 4.69) is 12.0 Å². The molecule has 2 rings (SSSR count). The Balaban J connectivity index is 1.97. The van der Waals surface area contributed by atoms with E-state index in [-0.39, 0.29) is 6.04 Å². The predicted octanol–water partition coefficient (Wildman–Crippen LogP) is 3.85. The Bertz CT molecular complexity index is 635. The quantitative estimate of drug-likeness (QED) is 0.907. The maximum atomic E-state index is 6.25. The number of nitrogens with zero attached hydrogens (tertiary/aromatic N) is 2. The topological polar surface area (TPSA) is 43.8 Å². The molecule has 0 bridgehead atoms. The first-order chi connectivity index (χ1) is 9.88. The molecule has 0 aliphatic rings. The van der Waals surface area contributed by atoms with Crippen molar-refractivity contribution < 1.29 is 0 Å². The van der Waals surface area contributed by atoms with Crippen molar-refractivity contribution in [1.82, 2.24) is 9.78 Å². The summed E-state index contributed by atoms with van der Waals surface area (Å²) >= 11 is 12.1. The summed E-state index contributed by atoms with van der Waals surface area (Å²) in [4.78, 5) is 0. The minimum absolute atomic E-state index is 0.0719. The third-order valence-electron chi connectivity index (χ3n) is 3.92. The van der Waals surface area contributed by atoms with E-state index in [0.717, 1.165) is 30.5 Å². The molecule has 114 valence electrons. The van der Waals surface area contributed by atoms with E-state index in [9.17, 15) is 0 Å². The van der Waals surface area contributed by atoms with Gasteiger partial charge in [0, 0.05) is 28.8 Å². The second-order valence-corrected chi connectivity index (χ2v) is 6.36. The molecule has 0 saturated carbocycles. The highest BCUT2D eigenvalue weighted by atomic mass is 35.5. The molecule has 0 aliphatic heterocycles. The number of aromatic nitrogens is 2. The third kappa shape index (κ3) is 4.00. The average molecular weight is 326 g/mol. The van der Waals surface area contributed by atoms with Crippen molar-refractivity contribution in [2.24, 2.45) is 12.8 Å². The van der Waals surface area contributed by atoms with Gasteiger partial charge in [0.25, 0.3) is 0 Å². The largest absolute Gasteiger partial charge is 0.327 e. The molecule has 1 aromatic carbocycles. The first kappa shape index (κ1) is 16.3. The third-order valence-corrected chi connectivity index (χ3v) is 4.51. The van der Waals surface area contributed by atoms with Crippen LogP contribution < -0.4 is 5.73 Å². The highest BCUT2D eigenvalue weighted by molar-refractivity contribution is 6.35. The van der Waals surface area contributed by atoms with Crippen molar-refractivity contribution in [2.75, 3.05) is 0 Å². The number of hydrogen-bond donors (Lipinski definition) is 1. The molecule has 21 heavy (non-hydrogen) atoms.